The van der Waals surface area contributed by atoms with Crippen molar-refractivity contribution >= 4 is 15.7 Å². The Balaban J connectivity index is 1.75. The summed E-state index contributed by atoms with van der Waals surface area (Å²) in [5, 5.41) is 8.41. The first-order chi connectivity index (χ1) is 10.6. The average molecular weight is 303 g/mol. The van der Waals surface area contributed by atoms with Gasteiger partial charge in [0.15, 0.2) is 0 Å². The first-order valence-electron chi connectivity index (χ1n) is 7.38. The van der Waals surface area contributed by atoms with Gasteiger partial charge < -0.3 is 18.9 Å². The van der Waals surface area contributed by atoms with E-state index in [0.29, 0.717) is 25.1 Å². The van der Waals surface area contributed by atoms with Gasteiger partial charge in [-0.15, -0.1) is 5.10 Å². The third-order valence-corrected chi connectivity index (χ3v) is 4.17. The van der Waals surface area contributed by atoms with Crippen LogP contribution in [-0.2, 0) is 18.9 Å². The molecular formula is C13H19B2N3O4. The fourth-order valence-electron chi connectivity index (χ4n) is 3.10. The lowest BCUT2D eigenvalue weighted by Gasteiger charge is -2.17. The van der Waals surface area contributed by atoms with Crippen LogP contribution in [0.3, 0.4) is 0 Å². The van der Waals surface area contributed by atoms with Gasteiger partial charge in [0.25, 0.3) is 0 Å². The van der Waals surface area contributed by atoms with Crippen LogP contribution in [0, 0.1) is 0 Å². The highest BCUT2D eigenvalue weighted by Gasteiger charge is 2.38. The molecule has 0 amide bonds. The monoisotopic (exact) mass is 303 g/mol. The van der Waals surface area contributed by atoms with Gasteiger partial charge in [0.05, 0.1) is 24.9 Å². The first-order valence-corrected chi connectivity index (χ1v) is 7.38. The highest BCUT2D eigenvalue weighted by atomic mass is 16.6. The number of hydrogen-bond acceptors (Lipinski definition) is 6. The summed E-state index contributed by atoms with van der Waals surface area (Å²) in [6.07, 6.45) is 2.60. The van der Waals surface area contributed by atoms with Crippen molar-refractivity contribution in [1.29, 1.82) is 0 Å². The second-order valence-electron chi connectivity index (χ2n) is 5.70. The van der Waals surface area contributed by atoms with E-state index in [-0.39, 0.29) is 36.4 Å². The van der Waals surface area contributed by atoms with Gasteiger partial charge >= 0.3 is 0 Å². The van der Waals surface area contributed by atoms with Crippen molar-refractivity contribution in [3.63, 3.8) is 0 Å². The van der Waals surface area contributed by atoms with E-state index in [1.165, 1.54) is 0 Å². The van der Waals surface area contributed by atoms with Gasteiger partial charge in [-0.05, 0) is 12.8 Å². The summed E-state index contributed by atoms with van der Waals surface area (Å²) in [7, 11) is 15.0. The zero-order chi connectivity index (χ0) is 15.7. The second-order valence-corrected chi connectivity index (χ2v) is 5.70. The van der Waals surface area contributed by atoms with E-state index in [1.807, 2.05) is 6.20 Å². The van der Waals surface area contributed by atoms with Crippen LogP contribution in [0.2, 0.25) is 0 Å². The highest BCUT2D eigenvalue weighted by Crippen LogP contribution is 2.34. The zero-order valence-electron chi connectivity index (χ0n) is 12.8. The Morgan fingerprint density at radius 1 is 1.27 bits per heavy atom. The molecular weight excluding hydrogens is 284 g/mol. The molecule has 116 valence electrons. The van der Waals surface area contributed by atoms with E-state index in [9.17, 15) is 0 Å². The SMILES string of the molecule is [B][C@H]1C[C@@H](OC)[C@@H](c2cn([C@@H]3C[C@H]([B])O[C@@H]3COC)nn2)O1. The van der Waals surface area contributed by atoms with Gasteiger partial charge in [-0.25, -0.2) is 4.68 Å². The summed E-state index contributed by atoms with van der Waals surface area (Å²) in [5.74, 6) is 0. The lowest BCUT2D eigenvalue weighted by atomic mass is 9.95. The zero-order valence-corrected chi connectivity index (χ0v) is 12.8. The molecule has 0 N–H and O–H groups in total. The lowest BCUT2D eigenvalue weighted by Crippen LogP contribution is -2.25. The number of ether oxygens (including phenoxy) is 4. The summed E-state index contributed by atoms with van der Waals surface area (Å²) in [4.78, 5) is 0. The maximum absolute atomic E-state index is 5.87. The molecule has 0 bridgehead atoms. The molecule has 0 unspecified atom stereocenters. The quantitative estimate of drug-likeness (QED) is 0.697. The summed E-state index contributed by atoms with van der Waals surface area (Å²) >= 11 is 0. The molecule has 3 heterocycles. The minimum absolute atomic E-state index is 0.00716. The largest absolute Gasteiger partial charge is 0.382 e. The molecule has 7 nitrogen and oxygen atoms in total. The van der Waals surface area contributed by atoms with Crippen LogP contribution < -0.4 is 0 Å². The van der Waals surface area contributed by atoms with Crippen LogP contribution in [0.5, 0.6) is 0 Å². The second kappa shape index (κ2) is 6.70. The van der Waals surface area contributed by atoms with E-state index in [4.69, 9.17) is 34.6 Å². The summed E-state index contributed by atoms with van der Waals surface area (Å²) in [6.45, 7) is 0.457. The van der Waals surface area contributed by atoms with E-state index in [1.54, 1.807) is 18.9 Å². The third kappa shape index (κ3) is 3.08. The number of rotatable bonds is 5. The van der Waals surface area contributed by atoms with E-state index in [0.717, 1.165) is 0 Å². The van der Waals surface area contributed by atoms with Gasteiger partial charge in [0.2, 0.25) is 0 Å². The molecule has 0 aromatic carbocycles. The molecule has 2 fully saturated rings. The molecule has 0 spiro atoms. The summed E-state index contributed by atoms with van der Waals surface area (Å²) in [5.41, 5.74) is 0.705. The summed E-state index contributed by atoms with van der Waals surface area (Å²) in [6, 6.07) is -0.669. The number of nitrogens with zero attached hydrogens (tertiary/aromatic N) is 3. The summed E-state index contributed by atoms with van der Waals surface area (Å²) < 4.78 is 23.7. The van der Waals surface area contributed by atoms with Crippen LogP contribution in [0.4, 0.5) is 0 Å². The van der Waals surface area contributed by atoms with Gasteiger partial charge in [-0.2, -0.15) is 0 Å². The van der Waals surface area contributed by atoms with Crippen molar-refractivity contribution in [2.75, 3.05) is 20.8 Å². The predicted octanol–water partition coefficient (Wildman–Crippen LogP) is -0.280. The van der Waals surface area contributed by atoms with Crippen LogP contribution in [0.25, 0.3) is 0 Å². The van der Waals surface area contributed by atoms with Gasteiger partial charge in [-0.1, -0.05) is 5.21 Å². The Hall–Kier alpha value is -0.890. The van der Waals surface area contributed by atoms with Crippen LogP contribution in [0.15, 0.2) is 6.20 Å². The van der Waals surface area contributed by atoms with Crippen molar-refractivity contribution in [2.45, 2.75) is 49.2 Å². The lowest BCUT2D eigenvalue weighted by molar-refractivity contribution is 0.00591. The molecule has 3 rings (SSSR count). The predicted molar refractivity (Wildman–Crippen MR) is 78.7 cm³/mol. The Labute approximate surface area is 132 Å². The van der Waals surface area contributed by atoms with Crippen molar-refractivity contribution in [1.82, 2.24) is 15.0 Å². The Morgan fingerprint density at radius 3 is 2.77 bits per heavy atom. The molecule has 1 aromatic rings. The van der Waals surface area contributed by atoms with Gasteiger partial charge in [0.1, 0.15) is 33.6 Å². The molecule has 4 radical (unpaired) electrons. The van der Waals surface area contributed by atoms with E-state index >= 15 is 0 Å². The fraction of sp³-hybridized carbons (Fsp3) is 0.846. The van der Waals surface area contributed by atoms with Crippen molar-refractivity contribution < 1.29 is 18.9 Å². The Morgan fingerprint density at radius 2 is 2.05 bits per heavy atom. The maximum atomic E-state index is 5.87. The third-order valence-electron chi connectivity index (χ3n) is 4.17. The van der Waals surface area contributed by atoms with Crippen LogP contribution in [-0.4, -0.2) is 75.7 Å². The molecule has 0 aliphatic carbocycles. The molecule has 1 aromatic heterocycles. The first kappa shape index (κ1) is 16.0. The van der Waals surface area contributed by atoms with E-state index < -0.39 is 0 Å². The Bertz CT molecular complexity index is 503. The average Bonchev–Trinajstić information content (AvgIpc) is 3.17. The molecule has 22 heavy (non-hydrogen) atoms. The van der Waals surface area contributed by atoms with Gasteiger partial charge in [0, 0.05) is 26.2 Å². The minimum Gasteiger partial charge on any atom is -0.382 e. The standard InChI is InChI=1S/C13H19B2N3O4/c1-19-6-10-8(3-11(14)21-10)18-5-7(16-17-18)13-9(20-2)4-12(15)22-13/h5,8-13H,3-4,6H2,1-2H3/t8-,9-,10-,11-,12-,13-/m1/s1. The van der Waals surface area contributed by atoms with Crippen LogP contribution in [0.1, 0.15) is 30.7 Å². The molecule has 6 atom stereocenters. The molecule has 9 heteroatoms. The fourth-order valence-corrected chi connectivity index (χ4v) is 3.10. The molecule has 2 aliphatic rings. The number of aromatic nitrogens is 3. The van der Waals surface area contributed by atoms with E-state index in [2.05, 4.69) is 10.3 Å². The number of hydrogen-bond donors (Lipinski definition) is 0. The molecule has 2 saturated heterocycles. The number of methoxy groups -OCH3 is 2. The van der Waals surface area contributed by atoms with Crippen molar-refractivity contribution in [3.8, 4) is 0 Å². The Kier molecular flexibility index (Phi) is 4.87. The molecule has 0 saturated carbocycles. The topological polar surface area (TPSA) is 67.6 Å². The minimum atomic E-state index is -0.343. The molecule has 2 aliphatic heterocycles. The van der Waals surface area contributed by atoms with Crippen molar-refractivity contribution in [2.24, 2.45) is 0 Å². The van der Waals surface area contributed by atoms with Crippen LogP contribution >= 0.6 is 0 Å². The normalized spacial score (nSPS) is 38.6. The van der Waals surface area contributed by atoms with Gasteiger partial charge in [-0.3, -0.25) is 0 Å². The van der Waals surface area contributed by atoms with Crippen molar-refractivity contribution in [3.05, 3.63) is 11.9 Å². The highest BCUT2D eigenvalue weighted by molar-refractivity contribution is 6.11. The smallest absolute Gasteiger partial charge is 0.128 e. The maximum Gasteiger partial charge on any atom is 0.128 e.